The largest absolute Gasteiger partial charge is 0.335 e. The summed E-state index contributed by atoms with van der Waals surface area (Å²) >= 11 is 0. The Bertz CT molecular complexity index is 620. The third kappa shape index (κ3) is 2.80. The predicted molar refractivity (Wildman–Crippen MR) is 89.7 cm³/mol. The molecule has 1 aromatic carbocycles. The fourth-order valence-corrected chi connectivity index (χ4v) is 3.74. The minimum absolute atomic E-state index is 0.0324. The normalized spacial score (nSPS) is 22.0. The van der Waals surface area contributed by atoms with Gasteiger partial charge in [0.25, 0.3) is 0 Å². The summed E-state index contributed by atoms with van der Waals surface area (Å²) in [5.41, 5.74) is 1.73. The van der Waals surface area contributed by atoms with Crippen molar-refractivity contribution in [2.45, 2.75) is 57.0 Å². The van der Waals surface area contributed by atoms with Gasteiger partial charge in [-0.05, 0) is 37.8 Å². The summed E-state index contributed by atoms with van der Waals surface area (Å²) in [5.74, 6) is 0.0324. The van der Waals surface area contributed by atoms with Crippen LogP contribution in [0.25, 0.3) is 0 Å². The van der Waals surface area contributed by atoms with Gasteiger partial charge >= 0.3 is 6.03 Å². The number of amides is 3. The Morgan fingerprint density at radius 2 is 1.70 bits per heavy atom. The molecule has 1 N–H and O–H groups in total. The second-order valence-corrected chi connectivity index (χ2v) is 6.85. The topological polar surface area (TPSA) is 52.7 Å². The van der Waals surface area contributed by atoms with Gasteiger partial charge in [-0.3, -0.25) is 9.69 Å². The number of hydrogen-bond acceptors (Lipinski definition) is 2. The molecular formula is C18H23N3O2. The number of fused-ring (bicyclic) bond motifs is 1. The Labute approximate surface area is 136 Å². The van der Waals surface area contributed by atoms with Gasteiger partial charge in [-0.25, -0.2) is 4.79 Å². The molecular weight excluding hydrogens is 290 g/mol. The fraction of sp³-hybridized carbons (Fsp3) is 0.556. The third-order valence-electron chi connectivity index (χ3n) is 5.08. The molecule has 3 amide bonds. The minimum Gasteiger partial charge on any atom is -0.335 e. The van der Waals surface area contributed by atoms with E-state index < -0.39 is 0 Å². The standard InChI is InChI=1S/C18H23N3O2/c22-17-12-20(18(23)19-13-6-2-1-3-7-13)15-8-4-5-9-16(15)21(17)14-10-11-14/h4-5,8-9,13-14H,1-3,6-7,10-12H2,(H,19,23). The number of urea groups is 1. The molecule has 2 aliphatic carbocycles. The Balaban J connectivity index is 1.57. The van der Waals surface area contributed by atoms with Crippen LogP contribution in [0.15, 0.2) is 24.3 Å². The first-order chi connectivity index (χ1) is 11.2. The molecule has 5 heteroatoms. The molecule has 1 aromatic rings. The van der Waals surface area contributed by atoms with E-state index in [-0.39, 0.29) is 24.5 Å². The van der Waals surface area contributed by atoms with Crippen molar-refractivity contribution in [3.8, 4) is 0 Å². The first-order valence-corrected chi connectivity index (χ1v) is 8.73. The number of carbonyl (C=O) groups excluding carboxylic acids is 2. The Kier molecular flexibility index (Phi) is 3.71. The van der Waals surface area contributed by atoms with Crippen LogP contribution in [-0.2, 0) is 4.79 Å². The van der Waals surface area contributed by atoms with Crippen molar-refractivity contribution in [3.63, 3.8) is 0 Å². The average Bonchev–Trinajstić information content (AvgIpc) is 3.39. The highest BCUT2D eigenvalue weighted by molar-refractivity contribution is 6.11. The van der Waals surface area contributed by atoms with Crippen LogP contribution in [-0.4, -0.2) is 30.6 Å². The molecule has 3 aliphatic rings. The zero-order valence-corrected chi connectivity index (χ0v) is 13.3. The van der Waals surface area contributed by atoms with E-state index in [1.54, 1.807) is 4.90 Å². The second-order valence-electron chi connectivity index (χ2n) is 6.85. The third-order valence-corrected chi connectivity index (χ3v) is 5.08. The van der Waals surface area contributed by atoms with Crippen LogP contribution in [0.1, 0.15) is 44.9 Å². The number of nitrogens with zero attached hydrogens (tertiary/aromatic N) is 2. The molecule has 0 aromatic heterocycles. The second kappa shape index (κ2) is 5.87. The molecule has 0 atom stereocenters. The van der Waals surface area contributed by atoms with Gasteiger partial charge in [0.2, 0.25) is 5.91 Å². The maximum atomic E-state index is 12.7. The lowest BCUT2D eigenvalue weighted by atomic mass is 9.96. The van der Waals surface area contributed by atoms with Crippen LogP contribution in [0.5, 0.6) is 0 Å². The van der Waals surface area contributed by atoms with E-state index in [0.29, 0.717) is 6.04 Å². The van der Waals surface area contributed by atoms with Crippen LogP contribution < -0.4 is 15.1 Å². The van der Waals surface area contributed by atoms with Crippen molar-refractivity contribution >= 4 is 23.3 Å². The van der Waals surface area contributed by atoms with Gasteiger partial charge in [0, 0.05) is 12.1 Å². The highest BCUT2D eigenvalue weighted by atomic mass is 16.2. The first-order valence-electron chi connectivity index (χ1n) is 8.73. The summed E-state index contributed by atoms with van der Waals surface area (Å²) in [5, 5.41) is 3.13. The monoisotopic (exact) mass is 313 g/mol. The van der Waals surface area contributed by atoms with Gasteiger partial charge in [0.05, 0.1) is 11.4 Å². The van der Waals surface area contributed by atoms with Crippen LogP contribution in [0.2, 0.25) is 0 Å². The van der Waals surface area contributed by atoms with E-state index in [4.69, 9.17) is 0 Å². The van der Waals surface area contributed by atoms with Gasteiger partial charge in [-0.2, -0.15) is 0 Å². The molecule has 0 bridgehead atoms. The number of carbonyl (C=O) groups is 2. The zero-order chi connectivity index (χ0) is 15.8. The van der Waals surface area contributed by atoms with Gasteiger partial charge in [-0.1, -0.05) is 31.4 Å². The molecule has 1 heterocycles. The predicted octanol–water partition coefficient (Wildman–Crippen LogP) is 3.04. The molecule has 5 nitrogen and oxygen atoms in total. The number of anilines is 2. The van der Waals surface area contributed by atoms with Crippen LogP contribution in [0.4, 0.5) is 16.2 Å². The number of para-hydroxylation sites is 2. The number of nitrogens with one attached hydrogen (secondary N) is 1. The molecule has 0 saturated heterocycles. The van der Waals surface area contributed by atoms with E-state index in [0.717, 1.165) is 37.1 Å². The summed E-state index contributed by atoms with van der Waals surface area (Å²) in [6, 6.07) is 8.20. The Morgan fingerprint density at radius 1 is 1.00 bits per heavy atom. The fourth-order valence-electron chi connectivity index (χ4n) is 3.74. The van der Waals surface area contributed by atoms with Crippen LogP contribution in [0.3, 0.4) is 0 Å². The maximum Gasteiger partial charge on any atom is 0.322 e. The molecule has 122 valence electrons. The SMILES string of the molecule is O=C(NC1CCCCC1)N1CC(=O)N(C2CC2)c2ccccc21. The molecule has 0 unspecified atom stereocenters. The van der Waals surface area contributed by atoms with E-state index in [2.05, 4.69) is 5.32 Å². The van der Waals surface area contributed by atoms with Crippen molar-refractivity contribution < 1.29 is 9.59 Å². The average molecular weight is 313 g/mol. The van der Waals surface area contributed by atoms with Crippen molar-refractivity contribution in [2.24, 2.45) is 0 Å². The highest BCUT2D eigenvalue weighted by Gasteiger charge is 2.40. The summed E-state index contributed by atoms with van der Waals surface area (Å²) in [7, 11) is 0. The minimum atomic E-state index is -0.131. The van der Waals surface area contributed by atoms with Crippen molar-refractivity contribution in [1.29, 1.82) is 0 Å². The molecule has 0 radical (unpaired) electrons. The Hall–Kier alpha value is -2.04. The smallest absolute Gasteiger partial charge is 0.322 e. The zero-order valence-electron chi connectivity index (χ0n) is 13.3. The van der Waals surface area contributed by atoms with Crippen LogP contribution in [0, 0.1) is 0 Å². The Morgan fingerprint density at radius 3 is 2.39 bits per heavy atom. The van der Waals surface area contributed by atoms with Gasteiger partial charge in [0.15, 0.2) is 0 Å². The first kappa shape index (κ1) is 14.5. The summed E-state index contributed by atoms with van der Waals surface area (Å²) < 4.78 is 0. The lowest BCUT2D eigenvalue weighted by molar-refractivity contribution is -0.117. The highest BCUT2D eigenvalue weighted by Crippen LogP contribution is 2.40. The summed E-state index contributed by atoms with van der Waals surface area (Å²) in [4.78, 5) is 28.8. The molecule has 2 saturated carbocycles. The number of rotatable bonds is 2. The van der Waals surface area contributed by atoms with Gasteiger partial charge in [-0.15, -0.1) is 0 Å². The molecule has 4 rings (SSSR count). The van der Waals surface area contributed by atoms with E-state index in [1.807, 2.05) is 29.2 Å². The molecule has 2 fully saturated rings. The van der Waals surface area contributed by atoms with Gasteiger partial charge < -0.3 is 10.2 Å². The molecule has 0 spiro atoms. The van der Waals surface area contributed by atoms with Gasteiger partial charge in [0.1, 0.15) is 6.54 Å². The number of benzene rings is 1. The summed E-state index contributed by atoms with van der Waals surface area (Å²) in [6.45, 7) is 0.145. The van der Waals surface area contributed by atoms with Crippen molar-refractivity contribution in [2.75, 3.05) is 16.3 Å². The maximum absolute atomic E-state index is 12.7. The summed E-state index contributed by atoms with van der Waals surface area (Å²) in [6.07, 6.45) is 7.83. The quantitative estimate of drug-likeness (QED) is 0.912. The molecule has 23 heavy (non-hydrogen) atoms. The van der Waals surface area contributed by atoms with Crippen molar-refractivity contribution in [1.82, 2.24) is 5.32 Å². The lowest BCUT2D eigenvalue weighted by Gasteiger charge is -2.37. The van der Waals surface area contributed by atoms with E-state index >= 15 is 0 Å². The number of hydrogen-bond donors (Lipinski definition) is 1. The van der Waals surface area contributed by atoms with E-state index in [9.17, 15) is 9.59 Å². The van der Waals surface area contributed by atoms with Crippen LogP contribution >= 0.6 is 0 Å². The lowest BCUT2D eigenvalue weighted by Crippen LogP contribution is -2.53. The molecule has 1 aliphatic heterocycles. The van der Waals surface area contributed by atoms with Crippen molar-refractivity contribution in [3.05, 3.63) is 24.3 Å². The van der Waals surface area contributed by atoms with E-state index in [1.165, 1.54) is 19.3 Å².